The molecule has 5 heteroatoms. The molecule has 1 aromatic carbocycles. The van der Waals surface area contributed by atoms with Crippen LogP contribution in [0.5, 0.6) is 5.75 Å². The van der Waals surface area contributed by atoms with Gasteiger partial charge in [-0.05, 0) is 38.1 Å². The molecule has 0 aliphatic carbocycles. The highest BCUT2D eigenvalue weighted by molar-refractivity contribution is 9.10. The average Bonchev–Trinajstić information content (AvgIpc) is 2.85. The molecule has 0 amide bonds. The number of aromatic nitrogens is 2. The van der Waals surface area contributed by atoms with Gasteiger partial charge < -0.3 is 10.1 Å². The smallest absolute Gasteiger partial charge is 0.142 e. The second-order valence-electron chi connectivity index (χ2n) is 4.58. The van der Waals surface area contributed by atoms with Gasteiger partial charge >= 0.3 is 0 Å². The number of hydrogen-bond acceptors (Lipinski definition) is 3. The van der Waals surface area contributed by atoms with E-state index in [1.54, 1.807) is 7.11 Å². The van der Waals surface area contributed by atoms with Gasteiger partial charge in [0.2, 0.25) is 0 Å². The fourth-order valence-corrected chi connectivity index (χ4v) is 2.12. The molecule has 0 saturated carbocycles. The van der Waals surface area contributed by atoms with Gasteiger partial charge in [0.15, 0.2) is 0 Å². The number of nitrogens with zero attached hydrogens (tertiary/aromatic N) is 2. The average molecular weight is 324 g/mol. The van der Waals surface area contributed by atoms with E-state index in [-0.39, 0.29) is 0 Å². The van der Waals surface area contributed by atoms with Crippen LogP contribution in [0.1, 0.15) is 25.6 Å². The molecule has 0 unspecified atom stereocenters. The Bertz CT molecular complexity index is 551. The Labute approximate surface area is 121 Å². The summed E-state index contributed by atoms with van der Waals surface area (Å²) in [6, 6.07) is 8.29. The molecule has 4 nitrogen and oxygen atoms in total. The zero-order valence-corrected chi connectivity index (χ0v) is 12.9. The predicted molar refractivity (Wildman–Crippen MR) is 80.6 cm³/mol. The predicted octanol–water partition coefficient (Wildman–Crippen LogP) is 3.85. The molecule has 0 bridgehead atoms. The van der Waals surface area contributed by atoms with Gasteiger partial charge in [0.25, 0.3) is 0 Å². The van der Waals surface area contributed by atoms with E-state index in [0.717, 1.165) is 21.6 Å². The third kappa shape index (κ3) is 3.50. The summed E-state index contributed by atoms with van der Waals surface area (Å²) in [5.74, 6) is 0.825. The molecule has 0 aliphatic heterocycles. The first-order chi connectivity index (χ1) is 9.10. The van der Waals surface area contributed by atoms with Gasteiger partial charge in [-0.2, -0.15) is 5.10 Å². The summed E-state index contributed by atoms with van der Waals surface area (Å²) in [5, 5.41) is 7.85. The first-order valence-corrected chi connectivity index (χ1v) is 7.01. The molecule has 102 valence electrons. The minimum atomic E-state index is 0.383. The number of halogens is 1. The SMILES string of the molecule is COc1ccc(Br)cc1NCc1ccn(C(C)C)n1. The molecule has 0 radical (unpaired) electrons. The molecule has 19 heavy (non-hydrogen) atoms. The normalized spacial score (nSPS) is 10.8. The van der Waals surface area contributed by atoms with Crippen LogP contribution in [-0.4, -0.2) is 16.9 Å². The number of benzene rings is 1. The minimum Gasteiger partial charge on any atom is -0.495 e. The highest BCUT2D eigenvalue weighted by Gasteiger charge is 2.05. The Hall–Kier alpha value is -1.49. The lowest BCUT2D eigenvalue weighted by Gasteiger charge is -2.10. The molecule has 0 fully saturated rings. The van der Waals surface area contributed by atoms with Crippen LogP contribution in [0, 0.1) is 0 Å². The van der Waals surface area contributed by atoms with Crippen LogP contribution in [0.25, 0.3) is 0 Å². The van der Waals surface area contributed by atoms with E-state index in [2.05, 4.69) is 40.2 Å². The van der Waals surface area contributed by atoms with Crippen molar-refractivity contribution in [2.45, 2.75) is 26.4 Å². The fraction of sp³-hybridized carbons (Fsp3) is 0.357. The highest BCUT2D eigenvalue weighted by Crippen LogP contribution is 2.28. The van der Waals surface area contributed by atoms with E-state index >= 15 is 0 Å². The molecule has 1 aromatic heterocycles. The van der Waals surface area contributed by atoms with Crippen molar-refractivity contribution in [2.24, 2.45) is 0 Å². The van der Waals surface area contributed by atoms with E-state index in [1.165, 1.54) is 0 Å². The fourth-order valence-electron chi connectivity index (χ4n) is 1.76. The van der Waals surface area contributed by atoms with Gasteiger partial charge in [0, 0.05) is 16.7 Å². The molecular weight excluding hydrogens is 306 g/mol. The maximum Gasteiger partial charge on any atom is 0.142 e. The lowest BCUT2D eigenvalue weighted by molar-refractivity contribution is 0.416. The number of anilines is 1. The van der Waals surface area contributed by atoms with Crippen LogP contribution in [-0.2, 0) is 6.54 Å². The Kier molecular flexibility index (Phi) is 4.47. The highest BCUT2D eigenvalue weighted by atomic mass is 79.9. The molecular formula is C14H18BrN3O. The van der Waals surface area contributed by atoms with Crippen LogP contribution in [0.3, 0.4) is 0 Å². The molecule has 2 rings (SSSR count). The summed E-state index contributed by atoms with van der Waals surface area (Å²) in [6.07, 6.45) is 2.00. The molecule has 0 saturated heterocycles. The maximum atomic E-state index is 5.32. The van der Waals surface area contributed by atoms with Gasteiger partial charge in [-0.1, -0.05) is 15.9 Å². The molecule has 0 aliphatic rings. The summed E-state index contributed by atoms with van der Waals surface area (Å²) >= 11 is 3.46. The first-order valence-electron chi connectivity index (χ1n) is 6.21. The molecule has 2 aromatic rings. The van der Waals surface area contributed by atoms with Crippen molar-refractivity contribution < 1.29 is 4.74 Å². The van der Waals surface area contributed by atoms with E-state index in [9.17, 15) is 0 Å². The van der Waals surface area contributed by atoms with Crippen LogP contribution in [0.15, 0.2) is 34.9 Å². The van der Waals surface area contributed by atoms with Crippen LogP contribution in [0.4, 0.5) is 5.69 Å². The molecule has 0 atom stereocenters. The molecule has 1 N–H and O–H groups in total. The third-order valence-electron chi connectivity index (χ3n) is 2.81. The van der Waals surface area contributed by atoms with E-state index < -0.39 is 0 Å². The van der Waals surface area contributed by atoms with Crippen molar-refractivity contribution in [3.05, 3.63) is 40.6 Å². The maximum absolute atomic E-state index is 5.32. The second-order valence-corrected chi connectivity index (χ2v) is 5.49. The van der Waals surface area contributed by atoms with Crippen molar-refractivity contribution in [1.82, 2.24) is 9.78 Å². The van der Waals surface area contributed by atoms with Crippen molar-refractivity contribution in [1.29, 1.82) is 0 Å². The lowest BCUT2D eigenvalue weighted by Crippen LogP contribution is -2.05. The summed E-state index contributed by atoms with van der Waals surface area (Å²) in [7, 11) is 1.67. The Morgan fingerprint density at radius 2 is 2.16 bits per heavy atom. The van der Waals surface area contributed by atoms with Gasteiger partial charge in [0.1, 0.15) is 5.75 Å². The summed E-state index contributed by atoms with van der Waals surface area (Å²) in [6.45, 7) is 4.90. The zero-order valence-electron chi connectivity index (χ0n) is 11.4. The zero-order chi connectivity index (χ0) is 13.8. The van der Waals surface area contributed by atoms with Crippen molar-refractivity contribution in [2.75, 3.05) is 12.4 Å². The standard InChI is InChI=1S/C14H18BrN3O/c1-10(2)18-7-6-12(17-18)9-16-13-8-11(15)4-5-14(13)19-3/h4-8,10,16H,9H2,1-3H3. The topological polar surface area (TPSA) is 39.1 Å². The molecule has 0 spiro atoms. The number of hydrogen-bond donors (Lipinski definition) is 1. The van der Waals surface area contributed by atoms with Crippen LogP contribution < -0.4 is 10.1 Å². The van der Waals surface area contributed by atoms with E-state index in [0.29, 0.717) is 12.6 Å². The Morgan fingerprint density at radius 3 is 2.79 bits per heavy atom. The number of methoxy groups -OCH3 is 1. The van der Waals surface area contributed by atoms with Crippen molar-refractivity contribution in [3.8, 4) is 5.75 Å². The van der Waals surface area contributed by atoms with Crippen molar-refractivity contribution in [3.63, 3.8) is 0 Å². The van der Waals surface area contributed by atoms with E-state index in [4.69, 9.17) is 4.74 Å². The van der Waals surface area contributed by atoms with Crippen LogP contribution >= 0.6 is 15.9 Å². The summed E-state index contributed by atoms with van der Waals surface area (Å²) in [4.78, 5) is 0. The quantitative estimate of drug-likeness (QED) is 0.908. The molecule has 1 heterocycles. The van der Waals surface area contributed by atoms with Crippen LogP contribution in [0.2, 0.25) is 0 Å². The van der Waals surface area contributed by atoms with Gasteiger partial charge in [0.05, 0.1) is 25.0 Å². The third-order valence-corrected chi connectivity index (χ3v) is 3.31. The number of rotatable bonds is 5. The summed E-state index contributed by atoms with van der Waals surface area (Å²) in [5.41, 5.74) is 1.96. The Morgan fingerprint density at radius 1 is 1.37 bits per heavy atom. The van der Waals surface area contributed by atoms with Crippen molar-refractivity contribution >= 4 is 21.6 Å². The second kappa shape index (κ2) is 6.10. The minimum absolute atomic E-state index is 0.383. The van der Waals surface area contributed by atoms with Gasteiger partial charge in [-0.15, -0.1) is 0 Å². The largest absolute Gasteiger partial charge is 0.495 e. The first kappa shape index (κ1) is 13.9. The summed E-state index contributed by atoms with van der Waals surface area (Å²) < 4.78 is 8.29. The lowest BCUT2D eigenvalue weighted by atomic mass is 10.3. The van der Waals surface area contributed by atoms with Gasteiger partial charge in [-0.3, -0.25) is 4.68 Å². The monoisotopic (exact) mass is 323 g/mol. The van der Waals surface area contributed by atoms with Gasteiger partial charge in [-0.25, -0.2) is 0 Å². The number of nitrogens with one attached hydrogen (secondary N) is 1. The van der Waals surface area contributed by atoms with E-state index in [1.807, 2.05) is 35.1 Å². The number of ether oxygens (including phenoxy) is 1. The Balaban J connectivity index is 2.07.